The molecule has 132 valence electrons. The van der Waals surface area contributed by atoms with E-state index in [1.54, 1.807) is 41.7 Å². The quantitative estimate of drug-likeness (QED) is 0.843. The van der Waals surface area contributed by atoms with E-state index in [-0.39, 0.29) is 18.9 Å². The molecule has 0 bridgehead atoms. The molecule has 0 unspecified atom stereocenters. The molecule has 0 radical (unpaired) electrons. The number of nitrogens with one attached hydrogen (secondary N) is 2. The van der Waals surface area contributed by atoms with Crippen molar-refractivity contribution >= 4 is 29.1 Å². The number of rotatable bonds is 5. The highest BCUT2D eigenvalue weighted by atomic mass is 35.5. The molecule has 0 spiro atoms. The highest BCUT2D eigenvalue weighted by Crippen LogP contribution is 2.15. The number of benzene rings is 2. The molecule has 25 heavy (non-hydrogen) atoms. The smallest absolute Gasteiger partial charge is 0.344 e. The van der Waals surface area contributed by atoms with E-state index in [0.29, 0.717) is 16.3 Å². The average molecular weight is 371 g/mol. The highest BCUT2D eigenvalue weighted by Gasteiger charge is 2.38. The van der Waals surface area contributed by atoms with Crippen LogP contribution in [0.15, 0.2) is 48.5 Å². The Hall–Kier alpha value is -2.54. The molecule has 0 saturated heterocycles. The van der Waals surface area contributed by atoms with Crippen LogP contribution in [-0.2, 0) is 22.6 Å². The van der Waals surface area contributed by atoms with Crippen LogP contribution in [0, 0.1) is 0 Å². The predicted molar refractivity (Wildman–Crippen MR) is 88.1 cm³/mol. The molecular weight excluding hydrogens is 357 g/mol. The molecule has 0 aliphatic rings. The molecule has 0 heterocycles. The molecule has 0 atom stereocenters. The third kappa shape index (κ3) is 6.11. The second-order valence-electron chi connectivity index (χ2n) is 5.23. The van der Waals surface area contributed by atoms with Crippen LogP contribution in [0.2, 0.25) is 5.02 Å². The van der Waals surface area contributed by atoms with E-state index in [1.165, 1.54) is 12.1 Å². The lowest BCUT2D eigenvalue weighted by Crippen LogP contribution is -2.36. The number of hydrogen-bond donors (Lipinski definition) is 2. The van der Waals surface area contributed by atoms with Gasteiger partial charge in [0.1, 0.15) is 0 Å². The first-order valence-corrected chi connectivity index (χ1v) is 7.60. The van der Waals surface area contributed by atoms with E-state index in [2.05, 4.69) is 5.32 Å². The number of alkyl halides is 3. The van der Waals surface area contributed by atoms with Crippen molar-refractivity contribution in [3.8, 4) is 0 Å². The van der Waals surface area contributed by atoms with Crippen LogP contribution in [-0.4, -0.2) is 18.0 Å². The fraction of sp³-hybridized carbons (Fsp3) is 0.176. The van der Waals surface area contributed by atoms with Gasteiger partial charge in [-0.15, -0.1) is 0 Å². The number of anilines is 1. The Labute approximate surface area is 147 Å². The van der Waals surface area contributed by atoms with Crippen molar-refractivity contribution in [2.45, 2.75) is 19.1 Å². The Morgan fingerprint density at radius 1 is 0.920 bits per heavy atom. The number of amides is 2. The lowest BCUT2D eigenvalue weighted by molar-refractivity contribution is -0.173. The fourth-order valence-corrected chi connectivity index (χ4v) is 2.11. The van der Waals surface area contributed by atoms with Gasteiger partial charge in [0.15, 0.2) is 0 Å². The summed E-state index contributed by atoms with van der Waals surface area (Å²) in [4.78, 5) is 22.7. The average Bonchev–Trinajstić information content (AvgIpc) is 2.55. The Kier molecular flexibility index (Phi) is 6.03. The van der Waals surface area contributed by atoms with Crippen LogP contribution in [0.4, 0.5) is 18.9 Å². The minimum absolute atomic E-state index is 0.167. The van der Waals surface area contributed by atoms with Gasteiger partial charge in [-0.1, -0.05) is 35.9 Å². The standard InChI is InChI=1S/C17H14ClF3N2O2/c18-13-5-1-11(2-6-13)9-15(24)23-14-7-3-12(4-8-14)10-22-16(25)17(19,20)21/h1-8H,9-10H2,(H,22,25)(H,23,24). The minimum atomic E-state index is -4.91. The SMILES string of the molecule is O=C(Cc1ccc(Cl)cc1)Nc1ccc(CNC(=O)C(F)(F)F)cc1. The molecule has 2 rings (SSSR count). The van der Waals surface area contributed by atoms with Crippen LogP contribution in [0.5, 0.6) is 0 Å². The van der Waals surface area contributed by atoms with Gasteiger partial charge in [0, 0.05) is 17.3 Å². The molecule has 0 aliphatic heterocycles. The summed E-state index contributed by atoms with van der Waals surface area (Å²) < 4.78 is 36.3. The van der Waals surface area contributed by atoms with Crippen molar-refractivity contribution in [2.24, 2.45) is 0 Å². The van der Waals surface area contributed by atoms with Crippen LogP contribution < -0.4 is 10.6 Å². The van der Waals surface area contributed by atoms with E-state index in [1.807, 2.05) is 0 Å². The maximum Gasteiger partial charge on any atom is 0.471 e. The molecule has 4 nitrogen and oxygen atoms in total. The summed E-state index contributed by atoms with van der Waals surface area (Å²) in [6.07, 6.45) is -4.74. The van der Waals surface area contributed by atoms with Crippen LogP contribution in [0.1, 0.15) is 11.1 Å². The van der Waals surface area contributed by atoms with Gasteiger partial charge in [0.05, 0.1) is 6.42 Å². The van der Waals surface area contributed by atoms with Crippen LogP contribution in [0.25, 0.3) is 0 Å². The van der Waals surface area contributed by atoms with Crippen molar-refractivity contribution in [3.63, 3.8) is 0 Å². The van der Waals surface area contributed by atoms with Gasteiger partial charge < -0.3 is 10.6 Å². The normalized spacial score (nSPS) is 11.0. The first-order chi connectivity index (χ1) is 11.7. The number of carbonyl (C=O) groups is 2. The Morgan fingerprint density at radius 3 is 2.04 bits per heavy atom. The second kappa shape index (κ2) is 8.02. The fourth-order valence-electron chi connectivity index (χ4n) is 1.98. The third-order valence-electron chi connectivity index (χ3n) is 3.23. The van der Waals surface area contributed by atoms with Crippen molar-refractivity contribution < 1.29 is 22.8 Å². The third-order valence-corrected chi connectivity index (χ3v) is 3.48. The summed E-state index contributed by atoms with van der Waals surface area (Å²) in [5, 5.41) is 5.04. The van der Waals surface area contributed by atoms with Crippen LogP contribution >= 0.6 is 11.6 Å². The number of halogens is 4. The van der Waals surface area contributed by atoms with Crippen molar-refractivity contribution in [1.29, 1.82) is 0 Å². The Balaban J connectivity index is 1.86. The topological polar surface area (TPSA) is 58.2 Å². The first-order valence-electron chi connectivity index (χ1n) is 7.22. The monoisotopic (exact) mass is 370 g/mol. The first kappa shape index (κ1) is 18.8. The molecule has 8 heteroatoms. The maximum atomic E-state index is 12.1. The molecule has 2 amide bonds. The second-order valence-corrected chi connectivity index (χ2v) is 5.67. The van der Waals surface area contributed by atoms with Crippen molar-refractivity contribution in [2.75, 3.05) is 5.32 Å². The molecule has 0 fully saturated rings. The lowest BCUT2D eigenvalue weighted by Gasteiger charge is -2.09. The van der Waals surface area contributed by atoms with E-state index >= 15 is 0 Å². The summed E-state index contributed by atoms with van der Waals surface area (Å²) in [6.45, 7) is -0.253. The minimum Gasteiger partial charge on any atom is -0.344 e. The van der Waals surface area contributed by atoms with Crippen LogP contribution in [0.3, 0.4) is 0 Å². The molecular formula is C17H14ClF3N2O2. The summed E-state index contributed by atoms with van der Waals surface area (Å²) in [5.41, 5.74) is 1.78. The van der Waals surface area contributed by atoms with Crippen molar-refractivity contribution in [3.05, 3.63) is 64.7 Å². The summed E-state index contributed by atoms with van der Waals surface area (Å²) in [5.74, 6) is -2.23. The molecule has 2 N–H and O–H groups in total. The van der Waals surface area contributed by atoms with E-state index < -0.39 is 12.1 Å². The van der Waals surface area contributed by atoms with E-state index in [4.69, 9.17) is 11.6 Å². The molecule has 0 saturated carbocycles. The van der Waals surface area contributed by atoms with E-state index in [9.17, 15) is 22.8 Å². The zero-order valence-corrected chi connectivity index (χ0v) is 13.6. The zero-order valence-electron chi connectivity index (χ0n) is 12.9. The van der Waals surface area contributed by atoms with Gasteiger partial charge in [-0.3, -0.25) is 9.59 Å². The molecule has 2 aromatic carbocycles. The predicted octanol–water partition coefficient (Wildman–Crippen LogP) is 3.70. The van der Waals surface area contributed by atoms with Gasteiger partial charge >= 0.3 is 12.1 Å². The molecule has 2 aromatic rings. The van der Waals surface area contributed by atoms with Crippen molar-refractivity contribution in [1.82, 2.24) is 5.32 Å². The zero-order chi connectivity index (χ0) is 18.4. The Bertz CT molecular complexity index is 744. The summed E-state index contributed by atoms with van der Waals surface area (Å²) in [7, 11) is 0. The molecule has 0 aromatic heterocycles. The van der Waals surface area contributed by atoms with Gasteiger partial charge in [0.2, 0.25) is 5.91 Å². The number of hydrogen-bond acceptors (Lipinski definition) is 2. The number of carbonyl (C=O) groups excluding carboxylic acids is 2. The summed E-state index contributed by atoms with van der Waals surface area (Å²) >= 11 is 5.77. The molecule has 0 aliphatic carbocycles. The lowest BCUT2D eigenvalue weighted by atomic mass is 10.1. The van der Waals surface area contributed by atoms with Gasteiger partial charge in [-0.25, -0.2) is 0 Å². The van der Waals surface area contributed by atoms with Gasteiger partial charge in [-0.05, 0) is 35.4 Å². The Morgan fingerprint density at radius 2 is 1.48 bits per heavy atom. The maximum absolute atomic E-state index is 12.1. The van der Waals surface area contributed by atoms with E-state index in [0.717, 1.165) is 5.56 Å². The van der Waals surface area contributed by atoms with Gasteiger partial charge in [0.25, 0.3) is 0 Å². The van der Waals surface area contributed by atoms with Gasteiger partial charge in [-0.2, -0.15) is 13.2 Å². The summed E-state index contributed by atoms with van der Waals surface area (Å²) in [6, 6.07) is 13.0. The highest BCUT2D eigenvalue weighted by molar-refractivity contribution is 6.30. The largest absolute Gasteiger partial charge is 0.471 e.